The van der Waals surface area contributed by atoms with E-state index in [2.05, 4.69) is 21.8 Å². The largest absolute Gasteiger partial charge is 0.490 e. The van der Waals surface area contributed by atoms with E-state index in [1.807, 2.05) is 91.0 Å². The number of carbonyl (C=O) groups excluding carboxylic acids is 1. The van der Waals surface area contributed by atoms with Gasteiger partial charge in [-0.15, -0.1) is 0 Å². The van der Waals surface area contributed by atoms with E-state index in [0.717, 1.165) is 60.2 Å². The molecule has 1 aliphatic heterocycles. The molecule has 3 aromatic carbocycles. The second kappa shape index (κ2) is 13.7. The number of ether oxygens (including phenoxy) is 1. The summed E-state index contributed by atoms with van der Waals surface area (Å²) in [5.74, 6) is 0.635. The predicted octanol–water partition coefficient (Wildman–Crippen LogP) is 4.24. The first-order chi connectivity index (χ1) is 18.1. The van der Waals surface area contributed by atoms with E-state index >= 15 is 0 Å². The first-order valence-corrected chi connectivity index (χ1v) is 12.7. The van der Waals surface area contributed by atoms with Crippen molar-refractivity contribution in [3.05, 3.63) is 108 Å². The van der Waals surface area contributed by atoms with Crippen molar-refractivity contribution in [3.63, 3.8) is 0 Å². The van der Waals surface area contributed by atoms with Crippen LogP contribution in [-0.2, 0) is 4.79 Å². The molecule has 0 aliphatic carbocycles. The fourth-order valence-corrected chi connectivity index (χ4v) is 4.44. The van der Waals surface area contributed by atoms with Crippen LogP contribution in [0.15, 0.2) is 97.2 Å². The molecule has 0 saturated carbocycles. The van der Waals surface area contributed by atoms with E-state index in [4.69, 9.17) is 4.74 Å². The van der Waals surface area contributed by atoms with Crippen molar-refractivity contribution in [3.8, 4) is 5.75 Å². The Hall–Kier alpha value is -3.58. The molecule has 0 radical (unpaired) electrons. The zero-order valence-electron chi connectivity index (χ0n) is 21.3. The molecule has 5 rings (SSSR count). The Balaban J connectivity index is 0.000000186. The van der Waals surface area contributed by atoms with Crippen LogP contribution < -0.4 is 4.74 Å². The van der Waals surface area contributed by atoms with Gasteiger partial charge in [0.05, 0.1) is 11.4 Å². The number of aromatic nitrogens is 1. The monoisotopic (exact) mass is 497 g/mol. The highest BCUT2D eigenvalue weighted by atomic mass is 16.5. The number of β-amino-alcohol motifs (C(OH)–C–C–N with tert-alkyl or cyclic N) is 1. The number of rotatable bonds is 8. The summed E-state index contributed by atoms with van der Waals surface area (Å²) < 4.78 is 5.82. The van der Waals surface area contributed by atoms with Crippen LogP contribution in [0.5, 0.6) is 5.75 Å². The van der Waals surface area contributed by atoms with E-state index in [1.165, 1.54) is 0 Å². The first kappa shape index (κ1) is 26.5. The van der Waals surface area contributed by atoms with Crippen molar-refractivity contribution in [2.24, 2.45) is 0 Å². The summed E-state index contributed by atoms with van der Waals surface area (Å²) in [6.45, 7) is 5.10. The van der Waals surface area contributed by atoms with Crippen molar-refractivity contribution in [2.75, 3.05) is 46.4 Å². The van der Waals surface area contributed by atoms with Gasteiger partial charge in [-0.25, -0.2) is 0 Å². The van der Waals surface area contributed by atoms with Crippen molar-refractivity contribution >= 4 is 17.2 Å². The Bertz CT molecular complexity index is 1180. The van der Waals surface area contributed by atoms with Crippen LogP contribution in [0.4, 0.5) is 0 Å². The van der Waals surface area contributed by atoms with E-state index in [1.54, 1.807) is 6.20 Å². The number of hydrogen-bond acceptors (Lipinski definition) is 6. The minimum Gasteiger partial charge on any atom is -0.490 e. The van der Waals surface area contributed by atoms with E-state index in [-0.39, 0.29) is 5.92 Å². The Kier molecular flexibility index (Phi) is 9.77. The third-order valence-corrected chi connectivity index (χ3v) is 6.56. The predicted molar refractivity (Wildman–Crippen MR) is 148 cm³/mol. The number of carbonyl (C=O) groups is 1. The number of pyridine rings is 1. The van der Waals surface area contributed by atoms with Gasteiger partial charge in [-0.05, 0) is 42.4 Å². The molecular weight excluding hydrogens is 462 g/mol. The number of piperazine rings is 1. The fourth-order valence-electron chi connectivity index (χ4n) is 4.44. The lowest BCUT2D eigenvalue weighted by molar-refractivity contribution is -0.108. The third kappa shape index (κ3) is 7.70. The van der Waals surface area contributed by atoms with Crippen LogP contribution in [-0.4, -0.2) is 78.7 Å². The van der Waals surface area contributed by atoms with Crippen LogP contribution >= 0.6 is 0 Å². The minimum atomic E-state index is -0.477. The van der Waals surface area contributed by atoms with Gasteiger partial charge in [0.15, 0.2) is 0 Å². The van der Waals surface area contributed by atoms with Crippen LogP contribution in [0.2, 0.25) is 0 Å². The average molecular weight is 498 g/mol. The molecule has 1 N–H and O–H groups in total. The Morgan fingerprint density at radius 3 is 2.14 bits per heavy atom. The topological polar surface area (TPSA) is 65.9 Å². The molecule has 4 aromatic rings. The van der Waals surface area contributed by atoms with Gasteiger partial charge in [0.1, 0.15) is 24.7 Å². The number of aldehydes is 1. The summed E-state index contributed by atoms with van der Waals surface area (Å²) in [5.41, 5.74) is 2.99. The van der Waals surface area contributed by atoms with Gasteiger partial charge >= 0.3 is 0 Å². The molecule has 37 heavy (non-hydrogen) atoms. The number of aliphatic hydroxyl groups is 1. The molecule has 0 spiro atoms. The quantitative estimate of drug-likeness (QED) is 0.368. The Morgan fingerprint density at radius 1 is 0.865 bits per heavy atom. The molecule has 1 fully saturated rings. The molecule has 1 aliphatic rings. The Labute approximate surface area is 219 Å². The van der Waals surface area contributed by atoms with Crippen molar-refractivity contribution in [1.82, 2.24) is 14.8 Å². The highest BCUT2D eigenvalue weighted by Crippen LogP contribution is 2.24. The van der Waals surface area contributed by atoms with Gasteiger partial charge in [0, 0.05) is 44.3 Å². The summed E-state index contributed by atoms with van der Waals surface area (Å²) in [4.78, 5) is 20.0. The fraction of sp³-hybridized carbons (Fsp3) is 0.290. The normalized spacial score (nSPS) is 15.1. The molecule has 6 heteroatoms. The van der Waals surface area contributed by atoms with E-state index in [9.17, 15) is 9.90 Å². The van der Waals surface area contributed by atoms with Crippen LogP contribution in [0.1, 0.15) is 17.0 Å². The average Bonchev–Trinajstić information content (AvgIpc) is 2.95. The number of benzene rings is 3. The maximum absolute atomic E-state index is 11.1. The van der Waals surface area contributed by atoms with Gasteiger partial charge in [-0.3, -0.25) is 9.88 Å². The molecule has 6 nitrogen and oxygen atoms in total. The zero-order chi connectivity index (χ0) is 25.9. The maximum Gasteiger partial charge on any atom is 0.131 e. The summed E-state index contributed by atoms with van der Waals surface area (Å²) in [7, 11) is 2.13. The van der Waals surface area contributed by atoms with Gasteiger partial charge in [0.2, 0.25) is 0 Å². The van der Waals surface area contributed by atoms with Gasteiger partial charge < -0.3 is 19.5 Å². The molecular formula is C31H35N3O3. The highest BCUT2D eigenvalue weighted by molar-refractivity contribution is 5.84. The second-order valence-electron chi connectivity index (χ2n) is 9.33. The van der Waals surface area contributed by atoms with Gasteiger partial charge in [-0.2, -0.15) is 0 Å². The first-order valence-electron chi connectivity index (χ1n) is 12.7. The zero-order valence-corrected chi connectivity index (χ0v) is 21.3. The van der Waals surface area contributed by atoms with Crippen molar-refractivity contribution in [2.45, 2.75) is 12.0 Å². The molecule has 192 valence electrons. The summed E-state index contributed by atoms with van der Waals surface area (Å²) in [5, 5.41) is 11.2. The van der Waals surface area contributed by atoms with E-state index in [0.29, 0.717) is 13.2 Å². The van der Waals surface area contributed by atoms with Crippen LogP contribution in [0, 0.1) is 0 Å². The highest BCUT2D eigenvalue weighted by Gasteiger charge is 2.17. The lowest BCUT2D eigenvalue weighted by Crippen LogP contribution is -2.47. The minimum absolute atomic E-state index is 0.146. The number of aliphatic hydroxyl groups excluding tert-OH is 1. The summed E-state index contributed by atoms with van der Waals surface area (Å²) >= 11 is 0. The molecule has 1 unspecified atom stereocenters. The molecule has 0 bridgehead atoms. The maximum atomic E-state index is 11.1. The van der Waals surface area contributed by atoms with E-state index < -0.39 is 6.10 Å². The van der Waals surface area contributed by atoms with Crippen LogP contribution in [0.25, 0.3) is 10.9 Å². The van der Waals surface area contributed by atoms with Crippen LogP contribution in [0.3, 0.4) is 0 Å². The smallest absolute Gasteiger partial charge is 0.131 e. The van der Waals surface area contributed by atoms with Gasteiger partial charge in [0.25, 0.3) is 0 Å². The molecule has 1 aromatic heterocycles. The third-order valence-electron chi connectivity index (χ3n) is 6.56. The van der Waals surface area contributed by atoms with Crippen molar-refractivity contribution in [1.29, 1.82) is 0 Å². The number of fused-ring (bicyclic) bond motifs is 1. The molecule has 2 heterocycles. The van der Waals surface area contributed by atoms with Gasteiger partial charge in [-0.1, -0.05) is 66.7 Å². The number of likely N-dealkylation sites (N-methyl/N-ethyl adjacent to an activating group) is 1. The summed E-state index contributed by atoms with van der Waals surface area (Å²) in [6.07, 6.45) is 2.29. The standard InChI is InChI=1S/C17H23N3O2.C14H12O/c1-19-8-10-20(11-9-19)12-14(21)13-22-17-6-2-5-16-15(17)4-3-7-18-16;15-11-14(12-7-3-1-4-8-12)13-9-5-2-6-10-13/h2-7,14,21H,8-13H2,1H3;1-11,14H. The number of nitrogens with zero attached hydrogens (tertiary/aromatic N) is 3. The summed E-state index contributed by atoms with van der Waals surface area (Å²) in [6, 6.07) is 29.3. The lowest BCUT2D eigenvalue weighted by atomic mass is 9.93. The Morgan fingerprint density at radius 2 is 1.51 bits per heavy atom. The molecule has 1 atom stereocenters. The molecule has 0 amide bonds. The number of hydrogen-bond donors (Lipinski definition) is 1. The SMILES string of the molecule is CN1CCN(CC(O)COc2cccc3ncccc23)CC1.O=CC(c1ccccc1)c1ccccc1. The van der Waals surface area contributed by atoms with Crippen molar-refractivity contribution < 1.29 is 14.6 Å². The lowest BCUT2D eigenvalue weighted by Gasteiger charge is -2.33. The second-order valence-corrected chi connectivity index (χ2v) is 9.33. The molecule has 1 saturated heterocycles.